The van der Waals surface area contributed by atoms with E-state index in [0.717, 1.165) is 5.39 Å². The van der Waals surface area contributed by atoms with Gasteiger partial charge in [0, 0.05) is 43.0 Å². The van der Waals surface area contributed by atoms with Crippen LogP contribution in [0.1, 0.15) is 11.1 Å². The van der Waals surface area contributed by atoms with Crippen LogP contribution in [0.2, 0.25) is 0 Å². The average molecular weight is 496 g/mol. The van der Waals surface area contributed by atoms with Crippen LogP contribution in [0.3, 0.4) is 0 Å². The second-order valence-electron chi connectivity index (χ2n) is 7.76. The van der Waals surface area contributed by atoms with Gasteiger partial charge in [-0.3, -0.25) is 0 Å². The van der Waals surface area contributed by atoms with Gasteiger partial charge in [-0.2, -0.15) is 0 Å². The SMILES string of the molecule is Cc1c(-c2cccc(F)c2)c2ccc(N=[N+]=[N-])cc2oc1=O.[N-]=[N+]=NCc1cc2ccccc2oc1=O. The van der Waals surface area contributed by atoms with Crippen LogP contribution in [0.25, 0.3) is 54.0 Å². The van der Waals surface area contributed by atoms with Crippen LogP contribution in [0.4, 0.5) is 10.1 Å². The second kappa shape index (κ2) is 10.9. The van der Waals surface area contributed by atoms with Gasteiger partial charge in [0.25, 0.3) is 0 Å². The first-order chi connectivity index (χ1) is 17.9. The van der Waals surface area contributed by atoms with Crippen molar-refractivity contribution in [2.24, 2.45) is 10.2 Å². The van der Waals surface area contributed by atoms with Gasteiger partial charge in [0.2, 0.25) is 0 Å². The zero-order chi connectivity index (χ0) is 26.4. The molecule has 0 fully saturated rings. The molecule has 10 nitrogen and oxygen atoms in total. The van der Waals surface area contributed by atoms with Crippen LogP contribution in [0.15, 0.2) is 101 Å². The molecule has 11 heteroatoms. The van der Waals surface area contributed by atoms with Crippen molar-refractivity contribution in [2.75, 3.05) is 0 Å². The Kier molecular flexibility index (Phi) is 7.30. The van der Waals surface area contributed by atoms with Crippen LogP contribution in [-0.2, 0) is 6.54 Å². The Hall–Kier alpha value is -5.37. The van der Waals surface area contributed by atoms with Crippen LogP contribution < -0.4 is 11.3 Å². The van der Waals surface area contributed by atoms with Gasteiger partial charge >= 0.3 is 11.3 Å². The molecule has 0 unspecified atom stereocenters. The molecule has 0 saturated carbocycles. The molecule has 3 aromatic carbocycles. The van der Waals surface area contributed by atoms with Gasteiger partial charge in [-0.05, 0) is 53.9 Å². The molecule has 0 radical (unpaired) electrons. The van der Waals surface area contributed by atoms with Crippen LogP contribution >= 0.6 is 0 Å². The molecule has 2 heterocycles. The van der Waals surface area contributed by atoms with Crippen molar-refractivity contribution in [3.8, 4) is 11.1 Å². The van der Waals surface area contributed by atoms with Gasteiger partial charge in [-0.15, -0.1) is 0 Å². The first kappa shape index (κ1) is 24.7. The second-order valence-corrected chi connectivity index (χ2v) is 7.76. The summed E-state index contributed by atoms with van der Waals surface area (Å²) in [6.07, 6.45) is 0. The summed E-state index contributed by atoms with van der Waals surface area (Å²) in [5, 5.41) is 8.29. The maximum absolute atomic E-state index is 13.5. The number of nitrogens with zero attached hydrogens (tertiary/aromatic N) is 6. The number of benzene rings is 3. The molecule has 0 aliphatic rings. The molecule has 0 saturated heterocycles. The van der Waals surface area contributed by atoms with Crippen molar-refractivity contribution in [1.82, 2.24) is 0 Å². The normalized spacial score (nSPS) is 10.2. The number of para-hydroxylation sites is 1. The molecule has 5 rings (SSSR count). The summed E-state index contributed by atoms with van der Waals surface area (Å²) in [6, 6.07) is 19.7. The highest BCUT2D eigenvalue weighted by Crippen LogP contribution is 2.32. The molecule has 0 bridgehead atoms. The molecule has 2 aromatic heterocycles. The molecule has 0 N–H and O–H groups in total. The molecule has 0 amide bonds. The molecule has 0 aliphatic heterocycles. The van der Waals surface area contributed by atoms with E-state index in [1.165, 1.54) is 18.2 Å². The minimum absolute atomic E-state index is 0.0175. The summed E-state index contributed by atoms with van der Waals surface area (Å²) in [6.45, 7) is 1.65. The smallest absolute Gasteiger partial charge is 0.339 e. The predicted octanol–water partition coefficient (Wildman–Crippen LogP) is 7.45. The monoisotopic (exact) mass is 496 g/mol. The number of hydrogen-bond donors (Lipinski definition) is 0. The Bertz CT molecular complexity index is 1850. The van der Waals surface area contributed by atoms with Gasteiger partial charge < -0.3 is 8.83 Å². The van der Waals surface area contributed by atoms with Gasteiger partial charge in [0.05, 0.1) is 6.54 Å². The lowest BCUT2D eigenvalue weighted by Crippen LogP contribution is -2.05. The minimum Gasteiger partial charge on any atom is -0.423 e. The Balaban J connectivity index is 0.000000186. The van der Waals surface area contributed by atoms with Crippen LogP contribution in [0.5, 0.6) is 0 Å². The molecular weight excluding hydrogens is 479 g/mol. The van der Waals surface area contributed by atoms with E-state index in [1.807, 2.05) is 12.1 Å². The minimum atomic E-state index is -0.509. The highest BCUT2D eigenvalue weighted by Gasteiger charge is 2.14. The zero-order valence-electron chi connectivity index (χ0n) is 19.3. The fourth-order valence-electron chi connectivity index (χ4n) is 3.74. The molecule has 5 aromatic rings. The zero-order valence-corrected chi connectivity index (χ0v) is 19.3. The third kappa shape index (κ3) is 5.49. The lowest BCUT2D eigenvalue weighted by atomic mass is 9.97. The molecular formula is C26H17FN6O4. The topological polar surface area (TPSA) is 158 Å². The van der Waals surface area contributed by atoms with E-state index in [-0.39, 0.29) is 12.4 Å². The number of azide groups is 2. The molecule has 0 aliphatic carbocycles. The lowest BCUT2D eigenvalue weighted by Gasteiger charge is -2.09. The van der Waals surface area contributed by atoms with E-state index in [4.69, 9.17) is 19.9 Å². The van der Waals surface area contributed by atoms with Gasteiger partial charge in [0.15, 0.2) is 0 Å². The molecule has 182 valence electrons. The standard InChI is InChI=1S/C16H10FN3O2.C10H7N3O2/c1-9-15(10-3-2-4-11(17)7-10)13-6-5-12(19-20-18)8-14(13)22-16(9)21;11-13-12-6-8-5-7-3-1-2-4-9(7)15-10(8)14/h2-8H,1H3;1-5H,6H2. The van der Waals surface area contributed by atoms with Gasteiger partial charge in [0.1, 0.15) is 17.0 Å². The number of fused-ring (bicyclic) bond motifs is 2. The Morgan fingerprint density at radius 2 is 1.65 bits per heavy atom. The van der Waals surface area contributed by atoms with Crippen molar-refractivity contribution in [2.45, 2.75) is 13.5 Å². The summed E-state index contributed by atoms with van der Waals surface area (Å²) >= 11 is 0. The Morgan fingerprint density at radius 1 is 0.865 bits per heavy atom. The van der Waals surface area contributed by atoms with E-state index in [2.05, 4.69) is 20.1 Å². The van der Waals surface area contributed by atoms with E-state index in [0.29, 0.717) is 44.5 Å². The maximum Gasteiger partial charge on any atom is 0.339 e. The quantitative estimate of drug-likeness (QED) is 0.109. The van der Waals surface area contributed by atoms with Crippen molar-refractivity contribution in [1.29, 1.82) is 0 Å². The first-order valence-electron chi connectivity index (χ1n) is 10.8. The van der Waals surface area contributed by atoms with E-state index in [1.54, 1.807) is 49.4 Å². The fourth-order valence-corrected chi connectivity index (χ4v) is 3.74. The first-order valence-corrected chi connectivity index (χ1v) is 10.8. The Morgan fingerprint density at radius 3 is 2.41 bits per heavy atom. The van der Waals surface area contributed by atoms with Crippen LogP contribution in [0, 0.1) is 12.7 Å². The Labute approximate surface area is 207 Å². The summed E-state index contributed by atoms with van der Waals surface area (Å²) in [5.41, 5.74) is 18.8. The number of hydrogen-bond acceptors (Lipinski definition) is 6. The largest absolute Gasteiger partial charge is 0.423 e. The number of rotatable bonds is 4. The van der Waals surface area contributed by atoms with Crippen molar-refractivity contribution < 1.29 is 13.2 Å². The molecule has 0 atom stereocenters. The van der Waals surface area contributed by atoms with Gasteiger partial charge in [-0.25, -0.2) is 14.0 Å². The van der Waals surface area contributed by atoms with Crippen molar-refractivity contribution >= 4 is 27.6 Å². The summed E-state index contributed by atoms with van der Waals surface area (Å²) < 4.78 is 23.8. The molecule has 0 spiro atoms. The third-order valence-electron chi connectivity index (χ3n) is 5.41. The van der Waals surface area contributed by atoms with Crippen LogP contribution in [-0.4, -0.2) is 0 Å². The highest BCUT2D eigenvalue weighted by atomic mass is 19.1. The summed E-state index contributed by atoms with van der Waals surface area (Å²) in [4.78, 5) is 28.7. The summed E-state index contributed by atoms with van der Waals surface area (Å²) in [7, 11) is 0. The maximum atomic E-state index is 13.5. The number of halogens is 1. The summed E-state index contributed by atoms with van der Waals surface area (Å²) in [5.74, 6) is -0.385. The van der Waals surface area contributed by atoms with E-state index >= 15 is 0 Å². The molecule has 37 heavy (non-hydrogen) atoms. The fraction of sp³-hybridized carbons (Fsp3) is 0.0769. The van der Waals surface area contributed by atoms with Gasteiger partial charge in [-0.1, -0.05) is 52.7 Å². The van der Waals surface area contributed by atoms with Crippen molar-refractivity contribution in [3.63, 3.8) is 0 Å². The predicted molar refractivity (Wildman–Crippen MR) is 137 cm³/mol. The average Bonchev–Trinajstić information content (AvgIpc) is 2.89. The highest BCUT2D eigenvalue weighted by molar-refractivity contribution is 5.96. The lowest BCUT2D eigenvalue weighted by molar-refractivity contribution is 0.550. The van der Waals surface area contributed by atoms with E-state index in [9.17, 15) is 14.0 Å². The van der Waals surface area contributed by atoms with Crippen molar-refractivity contribution in [3.05, 3.63) is 131 Å². The third-order valence-corrected chi connectivity index (χ3v) is 5.41. The van der Waals surface area contributed by atoms with E-state index < -0.39 is 11.3 Å².